The van der Waals surface area contributed by atoms with Crippen LogP contribution in [0.1, 0.15) is 5.56 Å². The summed E-state index contributed by atoms with van der Waals surface area (Å²) in [7, 11) is 0. The molecular formula is C13H8Cl3N3. The van der Waals surface area contributed by atoms with Gasteiger partial charge in [-0.05, 0) is 23.8 Å². The molecule has 1 heterocycles. The molecule has 0 aliphatic rings. The number of nitrogens with zero attached hydrogens (tertiary/aromatic N) is 2. The molecular weight excluding hydrogens is 305 g/mol. The maximum Gasteiger partial charge on any atom is 0.0949 e. The Bertz CT molecular complexity index is 678. The number of anilines is 1. The molecule has 0 aliphatic carbocycles. The van der Waals surface area contributed by atoms with E-state index in [-0.39, 0.29) is 11.4 Å². The molecule has 0 amide bonds. The van der Waals surface area contributed by atoms with E-state index >= 15 is 0 Å². The Morgan fingerprint density at radius 1 is 1.16 bits per heavy atom. The summed E-state index contributed by atoms with van der Waals surface area (Å²) in [6, 6.07) is 7.08. The third-order valence-corrected chi connectivity index (χ3v) is 3.93. The molecule has 6 heteroatoms. The largest absolute Gasteiger partial charge is 0.397 e. The maximum absolute atomic E-state index is 8.75. The van der Waals surface area contributed by atoms with Crippen LogP contribution in [0.4, 0.5) is 5.69 Å². The first kappa shape index (κ1) is 14.0. The lowest BCUT2D eigenvalue weighted by atomic mass is 10.0. The Hall–Kier alpha value is -1.47. The van der Waals surface area contributed by atoms with Gasteiger partial charge in [-0.2, -0.15) is 5.26 Å². The van der Waals surface area contributed by atoms with Gasteiger partial charge in [0.05, 0.1) is 38.9 Å². The Morgan fingerprint density at radius 3 is 2.58 bits per heavy atom. The summed E-state index contributed by atoms with van der Waals surface area (Å²) in [6.07, 6.45) is 1.79. The van der Waals surface area contributed by atoms with E-state index in [1.54, 1.807) is 24.4 Å². The third kappa shape index (κ3) is 2.62. The van der Waals surface area contributed by atoms with Gasteiger partial charge in [-0.15, -0.1) is 0 Å². The predicted octanol–water partition coefficient (Wildman–Crippen LogP) is 4.36. The minimum absolute atomic E-state index is 0.209. The molecule has 0 saturated heterocycles. The van der Waals surface area contributed by atoms with Crippen molar-refractivity contribution in [2.45, 2.75) is 6.42 Å². The fraction of sp³-hybridized carbons (Fsp3) is 0.0769. The fourth-order valence-corrected chi connectivity index (χ4v) is 2.30. The molecule has 0 unspecified atom stereocenters. The average Bonchev–Trinajstić information content (AvgIpc) is 2.40. The van der Waals surface area contributed by atoms with Crippen molar-refractivity contribution in [1.82, 2.24) is 4.98 Å². The van der Waals surface area contributed by atoms with Crippen LogP contribution in [0, 0.1) is 11.3 Å². The van der Waals surface area contributed by atoms with Crippen LogP contribution in [-0.2, 0) is 6.42 Å². The number of hydrogen-bond donors (Lipinski definition) is 1. The fourth-order valence-electron chi connectivity index (χ4n) is 1.68. The number of nitrogen functional groups attached to an aromatic ring is 1. The molecule has 2 N–H and O–H groups in total. The van der Waals surface area contributed by atoms with Gasteiger partial charge in [-0.3, -0.25) is 4.98 Å². The van der Waals surface area contributed by atoms with Crippen LogP contribution in [-0.4, -0.2) is 4.98 Å². The second-order valence-electron chi connectivity index (χ2n) is 3.79. The molecule has 0 aliphatic heterocycles. The summed E-state index contributed by atoms with van der Waals surface area (Å²) < 4.78 is 0. The first-order chi connectivity index (χ1) is 9.06. The van der Waals surface area contributed by atoms with Crippen LogP contribution in [0.15, 0.2) is 24.4 Å². The van der Waals surface area contributed by atoms with Crippen molar-refractivity contribution in [1.29, 1.82) is 5.26 Å². The third-order valence-electron chi connectivity index (χ3n) is 2.64. The SMILES string of the molecule is N#CCc1ccnc(-c2ccc(Cl)c(Cl)c2Cl)c1N. The van der Waals surface area contributed by atoms with Crippen LogP contribution in [0.5, 0.6) is 0 Å². The van der Waals surface area contributed by atoms with Crippen molar-refractivity contribution in [2.24, 2.45) is 0 Å². The lowest BCUT2D eigenvalue weighted by Gasteiger charge is -2.11. The smallest absolute Gasteiger partial charge is 0.0949 e. The van der Waals surface area contributed by atoms with Gasteiger partial charge in [0.2, 0.25) is 0 Å². The van der Waals surface area contributed by atoms with Crippen molar-refractivity contribution in [3.63, 3.8) is 0 Å². The van der Waals surface area contributed by atoms with E-state index < -0.39 is 0 Å². The number of nitrogens with two attached hydrogens (primary N) is 1. The van der Waals surface area contributed by atoms with E-state index in [0.29, 0.717) is 32.6 Å². The highest BCUT2D eigenvalue weighted by Gasteiger charge is 2.15. The topological polar surface area (TPSA) is 62.7 Å². The predicted molar refractivity (Wildman–Crippen MR) is 78.4 cm³/mol. The second kappa shape index (κ2) is 5.66. The quantitative estimate of drug-likeness (QED) is 0.838. The number of halogens is 3. The molecule has 0 radical (unpaired) electrons. The van der Waals surface area contributed by atoms with Gasteiger partial charge in [0, 0.05) is 11.8 Å². The average molecular weight is 313 g/mol. The molecule has 19 heavy (non-hydrogen) atoms. The van der Waals surface area contributed by atoms with Crippen LogP contribution in [0.25, 0.3) is 11.3 Å². The van der Waals surface area contributed by atoms with E-state index in [0.717, 1.165) is 0 Å². The normalized spacial score (nSPS) is 10.2. The molecule has 0 atom stereocenters. The van der Waals surface area contributed by atoms with Crippen LogP contribution in [0.3, 0.4) is 0 Å². The van der Waals surface area contributed by atoms with Gasteiger partial charge in [0.1, 0.15) is 0 Å². The molecule has 1 aromatic carbocycles. The van der Waals surface area contributed by atoms with Gasteiger partial charge >= 0.3 is 0 Å². The van der Waals surface area contributed by atoms with Crippen LogP contribution in [0.2, 0.25) is 15.1 Å². The highest BCUT2D eigenvalue weighted by atomic mass is 35.5. The number of hydrogen-bond acceptors (Lipinski definition) is 3. The molecule has 0 spiro atoms. The van der Waals surface area contributed by atoms with Crippen LogP contribution >= 0.6 is 34.8 Å². The van der Waals surface area contributed by atoms with E-state index in [1.165, 1.54) is 0 Å². The monoisotopic (exact) mass is 311 g/mol. The lowest BCUT2D eigenvalue weighted by Crippen LogP contribution is -1.99. The van der Waals surface area contributed by atoms with Gasteiger partial charge < -0.3 is 5.73 Å². The zero-order chi connectivity index (χ0) is 14.0. The minimum atomic E-state index is 0.209. The summed E-state index contributed by atoms with van der Waals surface area (Å²) in [5, 5.41) is 9.66. The van der Waals surface area contributed by atoms with Crippen molar-refractivity contribution >= 4 is 40.5 Å². The van der Waals surface area contributed by atoms with Crippen molar-refractivity contribution in [2.75, 3.05) is 5.73 Å². The molecule has 2 aromatic rings. The summed E-state index contributed by atoms with van der Waals surface area (Å²) in [6.45, 7) is 0. The Kier molecular flexibility index (Phi) is 4.16. The summed E-state index contributed by atoms with van der Waals surface area (Å²) in [5.41, 5.74) is 8.22. The zero-order valence-electron chi connectivity index (χ0n) is 9.62. The Morgan fingerprint density at radius 2 is 1.89 bits per heavy atom. The van der Waals surface area contributed by atoms with E-state index in [2.05, 4.69) is 11.1 Å². The van der Waals surface area contributed by atoms with E-state index in [4.69, 9.17) is 45.8 Å². The van der Waals surface area contributed by atoms with Gasteiger partial charge in [-0.1, -0.05) is 34.8 Å². The number of rotatable bonds is 2. The summed E-state index contributed by atoms with van der Waals surface area (Å²) in [5.74, 6) is 0. The molecule has 0 saturated carbocycles. The Balaban J connectivity index is 2.64. The van der Waals surface area contributed by atoms with Gasteiger partial charge in [0.25, 0.3) is 0 Å². The highest BCUT2D eigenvalue weighted by Crippen LogP contribution is 2.39. The number of aromatic nitrogens is 1. The first-order valence-electron chi connectivity index (χ1n) is 5.30. The van der Waals surface area contributed by atoms with Gasteiger partial charge in [0.15, 0.2) is 0 Å². The molecule has 2 rings (SSSR count). The first-order valence-corrected chi connectivity index (χ1v) is 6.43. The minimum Gasteiger partial charge on any atom is -0.397 e. The molecule has 1 aromatic heterocycles. The Labute approximate surface area is 125 Å². The number of benzene rings is 1. The van der Waals surface area contributed by atoms with Crippen LogP contribution < -0.4 is 5.73 Å². The molecule has 0 fully saturated rings. The standard InChI is InChI=1S/C13H8Cl3N3/c14-9-2-1-8(10(15)11(9)16)13-12(18)7(3-5-17)4-6-19-13/h1-2,4,6H,3,18H2. The number of pyridine rings is 1. The van der Waals surface area contributed by atoms with Crippen molar-refractivity contribution < 1.29 is 0 Å². The second-order valence-corrected chi connectivity index (χ2v) is 4.95. The highest BCUT2D eigenvalue weighted by molar-refractivity contribution is 6.49. The van der Waals surface area contributed by atoms with Crippen molar-refractivity contribution in [3.8, 4) is 17.3 Å². The van der Waals surface area contributed by atoms with Crippen molar-refractivity contribution in [3.05, 3.63) is 45.0 Å². The molecule has 3 nitrogen and oxygen atoms in total. The van der Waals surface area contributed by atoms with E-state index in [1.807, 2.05) is 0 Å². The van der Waals surface area contributed by atoms with Gasteiger partial charge in [-0.25, -0.2) is 0 Å². The summed E-state index contributed by atoms with van der Waals surface area (Å²) >= 11 is 18.0. The number of nitriles is 1. The molecule has 96 valence electrons. The summed E-state index contributed by atoms with van der Waals surface area (Å²) in [4.78, 5) is 4.20. The zero-order valence-corrected chi connectivity index (χ0v) is 11.9. The lowest BCUT2D eigenvalue weighted by molar-refractivity contribution is 1.22. The van der Waals surface area contributed by atoms with E-state index in [9.17, 15) is 0 Å². The maximum atomic E-state index is 8.75. The molecule has 0 bridgehead atoms.